The maximum Gasteiger partial charge on any atom is 0.230 e. The van der Waals surface area contributed by atoms with Gasteiger partial charge in [-0.05, 0) is 24.7 Å². The van der Waals surface area contributed by atoms with E-state index in [1.54, 1.807) is 4.52 Å². The molecule has 3 heterocycles. The Hall–Kier alpha value is -1.67. The molecule has 1 saturated heterocycles. The minimum absolute atomic E-state index is 0.0547. The van der Waals surface area contributed by atoms with Crippen LogP contribution in [-0.2, 0) is 6.42 Å². The van der Waals surface area contributed by atoms with E-state index in [1.165, 1.54) is 11.3 Å². The predicted octanol–water partition coefficient (Wildman–Crippen LogP) is 3.05. The van der Waals surface area contributed by atoms with Crippen molar-refractivity contribution >= 4 is 27.9 Å². The lowest BCUT2D eigenvalue weighted by molar-refractivity contribution is 0.127. The Morgan fingerprint density at radius 2 is 2.04 bits per heavy atom. The summed E-state index contributed by atoms with van der Waals surface area (Å²) >= 11 is 7.76. The van der Waals surface area contributed by atoms with Gasteiger partial charge in [-0.15, -0.1) is 5.10 Å². The molecule has 0 radical (unpaired) electrons. The van der Waals surface area contributed by atoms with Crippen molar-refractivity contribution < 1.29 is 5.11 Å². The quantitative estimate of drug-likeness (QED) is 0.740. The number of likely N-dealkylation sites (N-methyl/N-ethyl adjacent to an activating group) is 1. The Bertz CT molecular complexity index is 916. The fourth-order valence-electron chi connectivity index (χ4n) is 3.40. The zero-order chi connectivity index (χ0) is 18.3. The lowest BCUT2D eigenvalue weighted by Gasteiger charge is -2.37. The molecule has 1 fully saturated rings. The average molecular weight is 392 g/mol. The number of hydrogen-bond donors (Lipinski definition) is 1. The molecule has 6 nitrogen and oxygen atoms in total. The predicted molar refractivity (Wildman–Crippen MR) is 104 cm³/mol. The van der Waals surface area contributed by atoms with E-state index in [0.717, 1.165) is 53.8 Å². The van der Waals surface area contributed by atoms with Crippen LogP contribution in [0.15, 0.2) is 24.3 Å². The summed E-state index contributed by atoms with van der Waals surface area (Å²) in [6.07, 6.45) is 0.749. The van der Waals surface area contributed by atoms with Crippen molar-refractivity contribution in [2.75, 3.05) is 33.2 Å². The highest BCUT2D eigenvalue weighted by Gasteiger charge is 2.31. The van der Waals surface area contributed by atoms with Gasteiger partial charge in [-0.1, -0.05) is 42.0 Å². The first kappa shape index (κ1) is 17.7. The van der Waals surface area contributed by atoms with E-state index in [-0.39, 0.29) is 11.9 Å². The number of nitrogens with zero attached hydrogens (tertiary/aromatic N) is 5. The van der Waals surface area contributed by atoms with Crippen LogP contribution in [0.5, 0.6) is 5.88 Å². The Kier molecular flexibility index (Phi) is 4.88. The number of aryl methyl sites for hydroxylation is 1. The second-order valence-electron chi connectivity index (χ2n) is 6.66. The molecule has 26 heavy (non-hydrogen) atoms. The van der Waals surface area contributed by atoms with Crippen LogP contribution < -0.4 is 0 Å². The second-order valence-corrected chi connectivity index (χ2v) is 8.11. The molecular formula is C18H22ClN5OS. The summed E-state index contributed by atoms with van der Waals surface area (Å²) in [4.78, 5) is 10.8. The highest BCUT2D eigenvalue weighted by Crippen LogP contribution is 2.40. The van der Waals surface area contributed by atoms with Gasteiger partial charge < -0.3 is 10.0 Å². The Morgan fingerprint density at radius 1 is 1.27 bits per heavy atom. The van der Waals surface area contributed by atoms with Gasteiger partial charge in [0.05, 0.1) is 10.9 Å². The lowest BCUT2D eigenvalue weighted by atomic mass is 10.0. The summed E-state index contributed by atoms with van der Waals surface area (Å²) < 4.78 is 1.56. The summed E-state index contributed by atoms with van der Waals surface area (Å²) in [6, 6.07) is 7.84. The number of thiazole rings is 1. The molecule has 4 rings (SSSR count). The van der Waals surface area contributed by atoms with Gasteiger partial charge in [0.1, 0.15) is 0 Å². The van der Waals surface area contributed by atoms with Crippen molar-refractivity contribution in [2.45, 2.75) is 19.4 Å². The molecule has 8 heteroatoms. The molecule has 0 spiro atoms. The maximum absolute atomic E-state index is 10.9. The number of piperazine rings is 1. The van der Waals surface area contributed by atoms with Gasteiger partial charge in [0, 0.05) is 37.6 Å². The molecule has 1 N–H and O–H groups in total. The van der Waals surface area contributed by atoms with Crippen LogP contribution in [0.4, 0.5) is 0 Å². The molecule has 2 aromatic heterocycles. The van der Waals surface area contributed by atoms with E-state index in [9.17, 15) is 5.11 Å². The van der Waals surface area contributed by atoms with Crippen molar-refractivity contribution in [2.24, 2.45) is 0 Å². The van der Waals surface area contributed by atoms with Crippen molar-refractivity contribution in [3.63, 3.8) is 0 Å². The molecule has 1 aliphatic heterocycles. The van der Waals surface area contributed by atoms with Crippen LogP contribution >= 0.6 is 22.9 Å². The van der Waals surface area contributed by atoms with Gasteiger partial charge in [0.25, 0.3) is 0 Å². The van der Waals surface area contributed by atoms with Crippen molar-refractivity contribution in [1.29, 1.82) is 0 Å². The average Bonchev–Trinajstić information content (AvgIpc) is 3.17. The number of aromatic hydroxyl groups is 1. The second kappa shape index (κ2) is 7.15. The van der Waals surface area contributed by atoms with E-state index in [4.69, 9.17) is 11.6 Å². The smallest absolute Gasteiger partial charge is 0.230 e. The number of fused-ring (bicyclic) bond motifs is 1. The normalized spacial score (nSPS) is 17.8. The zero-order valence-electron chi connectivity index (χ0n) is 14.9. The summed E-state index contributed by atoms with van der Waals surface area (Å²) in [5, 5.41) is 16.0. The number of hydrogen-bond acceptors (Lipinski definition) is 6. The molecule has 1 aromatic carbocycles. The van der Waals surface area contributed by atoms with Gasteiger partial charge in [0.2, 0.25) is 10.8 Å². The minimum atomic E-state index is -0.0547. The first-order valence-electron chi connectivity index (χ1n) is 8.82. The number of halogens is 1. The van der Waals surface area contributed by atoms with Crippen LogP contribution in [0.3, 0.4) is 0 Å². The van der Waals surface area contributed by atoms with E-state index >= 15 is 0 Å². The van der Waals surface area contributed by atoms with Gasteiger partial charge in [0.15, 0.2) is 5.82 Å². The standard InChI is InChI=1S/C18H22ClN5OS/c1-3-14-20-18-24(21-14)17(25)16(26-18)15(12-5-4-6-13(19)11-12)23-9-7-22(2)8-10-23/h4-6,11,15,25H,3,7-10H2,1-2H3/t15-/m1/s1. The number of aromatic nitrogens is 3. The van der Waals surface area contributed by atoms with Crippen LogP contribution in [-0.4, -0.2) is 62.7 Å². The van der Waals surface area contributed by atoms with Crippen LogP contribution in [0.1, 0.15) is 29.2 Å². The van der Waals surface area contributed by atoms with Crippen LogP contribution in [0.2, 0.25) is 5.02 Å². The van der Waals surface area contributed by atoms with E-state index < -0.39 is 0 Å². The first-order chi connectivity index (χ1) is 12.6. The highest BCUT2D eigenvalue weighted by atomic mass is 35.5. The van der Waals surface area contributed by atoms with Gasteiger partial charge >= 0.3 is 0 Å². The molecular weight excluding hydrogens is 370 g/mol. The molecule has 1 aliphatic rings. The fraction of sp³-hybridized carbons (Fsp3) is 0.444. The number of benzene rings is 1. The van der Waals surface area contributed by atoms with E-state index in [0.29, 0.717) is 5.02 Å². The van der Waals surface area contributed by atoms with Crippen molar-refractivity contribution in [1.82, 2.24) is 24.4 Å². The fourth-order valence-corrected chi connectivity index (χ4v) is 4.74. The third-order valence-corrected chi connectivity index (χ3v) is 6.18. The maximum atomic E-state index is 10.9. The van der Waals surface area contributed by atoms with Crippen molar-refractivity contribution in [3.05, 3.63) is 45.6 Å². The summed E-state index contributed by atoms with van der Waals surface area (Å²) in [5.74, 6) is 0.929. The van der Waals surface area contributed by atoms with Gasteiger partial charge in [-0.3, -0.25) is 4.90 Å². The third kappa shape index (κ3) is 3.20. The zero-order valence-corrected chi connectivity index (χ0v) is 16.5. The summed E-state index contributed by atoms with van der Waals surface area (Å²) in [7, 11) is 2.14. The minimum Gasteiger partial charge on any atom is -0.492 e. The van der Waals surface area contributed by atoms with Crippen LogP contribution in [0, 0.1) is 0 Å². The van der Waals surface area contributed by atoms with E-state index in [2.05, 4.69) is 33.0 Å². The lowest BCUT2D eigenvalue weighted by Crippen LogP contribution is -2.46. The van der Waals surface area contributed by atoms with Gasteiger partial charge in [-0.25, -0.2) is 4.98 Å². The number of rotatable bonds is 4. The molecule has 0 aliphatic carbocycles. The molecule has 1 atom stereocenters. The molecule has 0 bridgehead atoms. The summed E-state index contributed by atoms with van der Waals surface area (Å²) in [6.45, 7) is 5.87. The highest BCUT2D eigenvalue weighted by molar-refractivity contribution is 7.17. The molecule has 138 valence electrons. The Morgan fingerprint density at radius 3 is 2.69 bits per heavy atom. The van der Waals surface area contributed by atoms with E-state index in [1.807, 2.05) is 25.1 Å². The molecule has 0 amide bonds. The SMILES string of the molecule is CCc1nc2sc([C@@H](c3cccc(Cl)c3)N3CCN(C)CC3)c(O)n2n1. The largest absolute Gasteiger partial charge is 0.492 e. The Labute approximate surface area is 161 Å². The molecule has 0 unspecified atom stereocenters. The topological polar surface area (TPSA) is 56.9 Å². The van der Waals surface area contributed by atoms with Gasteiger partial charge in [-0.2, -0.15) is 4.52 Å². The monoisotopic (exact) mass is 391 g/mol. The molecule has 3 aromatic rings. The van der Waals surface area contributed by atoms with Crippen LogP contribution in [0.25, 0.3) is 4.96 Å². The first-order valence-corrected chi connectivity index (χ1v) is 10.0. The summed E-state index contributed by atoms with van der Waals surface area (Å²) in [5.41, 5.74) is 1.08. The third-order valence-electron chi connectivity index (χ3n) is 4.88. The molecule has 0 saturated carbocycles. The Balaban J connectivity index is 1.79. The van der Waals surface area contributed by atoms with Crippen molar-refractivity contribution in [3.8, 4) is 5.88 Å².